The maximum atomic E-state index is 5.41. The maximum Gasteiger partial charge on any atom is 0.127 e. The average Bonchev–Trinajstić information content (AvgIpc) is 2.83. The number of ether oxygens (including phenoxy) is 1. The molecule has 106 valence electrons. The number of aromatic nitrogens is 2. The zero-order chi connectivity index (χ0) is 13.8. The van der Waals surface area contributed by atoms with Crippen molar-refractivity contribution in [1.82, 2.24) is 9.78 Å². The van der Waals surface area contributed by atoms with Crippen LogP contribution >= 0.6 is 0 Å². The van der Waals surface area contributed by atoms with Crippen LogP contribution in [0, 0.1) is 6.92 Å². The summed E-state index contributed by atoms with van der Waals surface area (Å²) in [7, 11) is 0. The van der Waals surface area contributed by atoms with Crippen LogP contribution in [0.15, 0.2) is 36.5 Å². The van der Waals surface area contributed by atoms with Crippen LogP contribution in [0.25, 0.3) is 0 Å². The predicted molar refractivity (Wildman–Crippen MR) is 80.0 cm³/mol. The SMILES string of the molecule is Cc1cnn(Cc2ccccc2)c1NC1CCOCC1. The highest BCUT2D eigenvalue weighted by Gasteiger charge is 2.16. The molecule has 20 heavy (non-hydrogen) atoms. The summed E-state index contributed by atoms with van der Waals surface area (Å²) in [6, 6.07) is 10.9. The number of nitrogens with zero attached hydrogens (tertiary/aromatic N) is 2. The van der Waals surface area contributed by atoms with Gasteiger partial charge in [0.1, 0.15) is 5.82 Å². The van der Waals surface area contributed by atoms with Gasteiger partial charge in [0.05, 0.1) is 12.7 Å². The first-order valence-corrected chi connectivity index (χ1v) is 7.23. The smallest absolute Gasteiger partial charge is 0.127 e. The van der Waals surface area contributed by atoms with Crippen LogP contribution in [-0.4, -0.2) is 29.0 Å². The molecule has 1 aliphatic heterocycles. The van der Waals surface area contributed by atoms with E-state index in [0.717, 1.165) is 38.4 Å². The van der Waals surface area contributed by atoms with Crippen LogP contribution in [0.2, 0.25) is 0 Å². The molecule has 2 aromatic rings. The highest BCUT2D eigenvalue weighted by molar-refractivity contribution is 5.44. The summed E-state index contributed by atoms with van der Waals surface area (Å²) >= 11 is 0. The lowest BCUT2D eigenvalue weighted by atomic mass is 10.1. The molecular weight excluding hydrogens is 250 g/mol. The number of rotatable bonds is 4. The number of anilines is 1. The van der Waals surface area contributed by atoms with Gasteiger partial charge in [0.2, 0.25) is 0 Å². The molecule has 0 atom stereocenters. The van der Waals surface area contributed by atoms with E-state index in [-0.39, 0.29) is 0 Å². The van der Waals surface area contributed by atoms with Gasteiger partial charge in [-0.15, -0.1) is 0 Å². The van der Waals surface area contributed by atoms with E-state index in [1.807, 2.05) is 12.3 Å². The number of nitrogens with one attached hydrogen (secondary N) is 1. The van der Waals surface area contributed by atoms with Gasteiger partial charge in [0.25, 0.3) is 0 Å². The van der Waals surface area contributed by atoms with Gasteiger partial charge in [0.15, 0.2) is 0 Å². The molecule has 1 aliphatic rings. The van der Waals surface area contributed by atoms with E-state index >= 15 is 0 Å². The Morgan fingerprint density at radius 1 is 1.25 bits per heavy atom. The molecule has 1 fully saturated rings. The average molecular weight is 271 g/mol. The van der Waals surface area contributed by atoms with Crippen molar-refractivity contribution in [1.29, 1.82) is 0 Å². The van der Waals surface area contributed by atoms with Gasteiger partial charge < -0.3 is 10.1 Å². The third kappa shape index (κ3) is 3.02. The highest BCUT2D eigenvalue weighted by atomic mass is 16.5. The minimum Gasteiger partial charge on any atom is -0.381 e. The van der Waals surface area contributed by atoms with Crippen molar-refractivity contribution in [2.24, 2.45) is 0 Å². The lowest BCUT2D eigenvalue weighted by Crippen LogP contribution is -2.29. The highest BCUT2D eigenvalue weighted by Crippen LogP contribution is 2.20. The zero-order valence-corrected chi connectivity index (χ0v) is 11.9. The largest absolute Gasteiger partial charge is 0.381 e. The normalized spacial score (nSPS) is 16.2. The van der Waals surface area contributed by atoms with Gasteiger partial charge in [-0.25, -0.2) is 4.68 Å². The third-order valence-electron chi connectivity index (χ3n) is 3.76. The minimum atomic E-state index is 0.494. The van der Waals surface area contributed by atoms with E-state index < -0.39 is 0 Å². The molecule has 3 rings (SSSR count). The lowest BCUT2D eigenvalue weighted by molar-refractivity contribution is 0.0903. The first kappa shape index (κ1) is 13.2. The van der Waals surface area contributed by atoms with Crippen molar-refractivity contribution in [2.45, 2.75) is 32.4 Å². The van der Waals surface area contributed by atoms with Crippen molar-refractivity contribution < 1.29 is 4.74 Å². The summed E-state index contributed by atoms with van der Waals surface area (Å²) in [6.07, 6.45) is 4.07. The molecule has 0 bridgehead atoms. The fourth-order valence-electron chi connectivity index (χ4n) is 2.58. The molecule has 4 heteroatoms. The zero-order valence-electron chi connectivity index (χ0n) is 11.9. The van der Waals surface area contributed by atoms with Crippen LogP contribution < -0.4 is 5.32 Å². The minimum absolute atomic E-state index is 0.494. The van der Waals surface area contributed by atoms with E-state index in [1.54, 1.807) is 0 Å². The van der Waals surface area contributed by atoms with Crippen molar-refractivity contribution in [2.75, 3.05) is 18.5 Å². The molecule has 0 unspecified atom stereocenters. The second-order valence-electron chi connectivity index (χ2n) is 5.35. The van der Waals surface area contributed by atoms with Gasteiger partial charge in [-0.3, -0.25) is 0 Å². The van der Waals surface area contributed by atoms with E-state index in [2.05, 4.69) is 46.3 Å². The molecule has 1 saturated heterocycles. The van der Waals surface area contributed by atoms with Crippen molar-refractivity contribution in [3.8, 4) is 0 Å². The Morgan fingerprint density at radius 2 is 2.00 bits per heavy atom. The lowest BCUT2D eigenvalue weighted by Gasteiger charge is -2.25. The molecule has 0 spiro atoms. The fourth-order valence-corrected chi connectivity index (χ4v) is 2.58. The quantitative estimate of drug-likeness (QED) is 0.929. The fraction of sp³-hybridized carbons (Fsp3) is 0.438. The van der Waals surface area contributed by atoms with Crippen LogP contribution in [0.4, 0.5) is 5.82 Å². The Labute approximate surface area is 119 Å². The number of benzene rings is 1. The molecular formula is C16H21N3O. The summed E-state index contributed by atoms with van der Waals surface area (Å²) in [5.41, 5.74) is 2.47. The predicted octanol–water partition coefficient (Wildman–Crippen LogP) is 2.83. The second-order valence-corrected chi connectivity index (χ2v) is 5.35. The Bertz CT molecular complexity index is 544. The molecule has 1 aromatic heterocycles. The number of aryl methyl sites for hydroxylation is 1. The van der Waals surface area contributed by atoms with E-state index in [9.17, 15) is 0 Å². The monoisotopic (exact) mass is 271 g/mol. The summed E-state index contributed by atoms with van der Waals surface area (Å²) in [5.74, 6) is 1.14. The van der Waals surface area contributed by atoms with Gasteiger partial charge in [-0.1, -0.05) is 30.3 Å². The molecule has 1 N–H and O–H groups in total. The van der Waals surface area contributed by atoms with E-state index in [4.69, 9.17) is 4.74 Å². The second kappa shape index (κ2) is 6.09. The molecule has 0 amide bonds. The maximum absolute atomic E-state index is 5.41. The molecule has 0 radical (unpaired) electrons. The topological polar surface area (TPSA) is 39.1 Å². The Balaban J connectivity index is 1.75. The molecule has 0 saturated carbocycles. The standard InChI is InChI=1S/C16H21N3O/c1-13-11-17-19(12-14-5-3-2-4-6-14)16(13)18-15-7-9-20-10-8-15/h2-6,11,15,18H,7-10,12H2,1H3. The van der Waals surface area contributed by atoms with Crippen LogP contribution in [0.3, 0.4) is 0 Å². The summed E-state index contributed by atoms with van der Waals surface area (Å²) in [6.45, 7) is 4.61. The van der Waals surface area contributed by atoms with Gasteiger partial charge in [-0.05, 0) is 25.3 Å². The number of hydrogen-bond acceptors (Lipinski definition) is 3. The van der Waals surface area contributed by atoms with E-state index in [0.29, 0.717) is 6.04 Å². The third-order valence-corrected chi connectivity index (χ3v) is 3.76. The molecule has 0 aliphatic carbocycles. The van der Waals surface area contributed by atoms with Crippen molar-refractivity contribution >= 4 is 5.82 Å². The summed E-state index contributed by atoms with van der Waals surface area (Å²) in [4.78, 5) is 0. The van der Waals surface area contributed by atoms with Crippen LogP contribution in [-0.2, 0) is 11.3 Å². The van der Waals surface area contributed by atoms with Crippen molar-refractivity contribution in [3.63, 3.8) is 0 Å². The summed E-state index contributed by atoms with van der Waals surface area (Å²) < 4.78 is 7.47. The summed E-state index contributed by atoms with van der Waals surface area (Å²) in [5, 5.41) is 8.14. The van der Waals surface area contributed by atoms with E-state index in [1.165, 1.54) is 11.1 Å². The Morgan fingerprint density at radius 3 is 2.75 bits per heavy atom. The molecule has 2 heterocycles. The van der Waals surface area contributed by atoms with Gasteiger partial charge in [-0.2, -0.15) is 5.10 Å². The van der Waals surface area contributed by atoms with Crippen molar-refractivity contribution in [3.05, 3.63) is 47.7 Å². The van der Waals surface area contributed by atoms with Crippen LogP contribution in [0.1, 0.15) is 24.0 Å². The Hall–Kier alpha value is -1.81. The first-order chi connectivity index (χ1) is 9.83. The molecule has 1 aromatic carbocycles. The number of hydrogen-bond donors (Lipinski definition) is 1. The molecule has 4 nitrogen and oxygen atoms in total. The van der Waals surface area contributed by atoms with Gasteiger partial charge >= 0.3 is 0 Å². The van der Waals surface area contributed by atoms with Crippen LogP contribution in [0.5, 0.6) is 0 Å². The first-order valence-electron chi connectivity index (χ1n) is 7.23. The Kier molecular flexibility index (Phi) is 4.02. The van der Waals surface area contributed by atoms with Gasteiger partial charge in [0, 0.05) is 24.8 Å².